The second-order valence-electron chi connectivity index (χ2n) is 6.73. The highest BCUT2D eigenvalue weighted by atomic mass is 15.1. The molecule has 5 rings (SSSR count). The van der Waals surface area contributed by atoms with E-state index in [4.69, 9.17) is 4.98 Å². The zero-order valence-corrected chi connectivity index (χ0v) is 14.3. The van der Waals surface area contributed by atoms with Gasteiger partial charge < -0.3 is 9.88 Å². The third kappa shape index (κ3) is 2.71. The molecule has 5 heteroatoms. The van der Waals surface area contributed by atoms with E-state index >= 15 is 0 Å². The molecule has 0 bridgehead atoms. The Labute approximate surface area is 151 Å². The number of aromatic amines is 1. The van der Waals surface area contributed by atoms with Crippen molar-refractivity contribution in [1.29, 1.82) is 0 Å². The minimum atomic E-state index is 0.567. The number of anilines is 1. The van der Waals surface area contributed by atoms with Crippen LogP contribution in [0.25, 0.3) is 22.4 Å². The molecule has 0 saturated carbocycles. The van der Waals surface area contributed by atoms with Crippen molar-refractivity contribution in [3.63, 3.8) is 0 Å². The molecule has 1 aliphatic heterocycles. The predicted octanol–water partition coefficient (Wildman–Crippen LogP) is 4.01. The largest absolute Gasteiger partial charge is 0.371 e. The Bertz CT molecular complexity index is 1040. The zero-order chi connectivity index (χ0) is 17.3. The number of pyridine rings is 1. The highest BCUT2D eigenvalue weighted by Gasteiger charge is 2.24. The lowest BCUT2D eigenvalue weighted by Gasteiger charge is -2.19. The van der Waals surface area contributed by atoms with E-state index in [1.54, 1.807) is 0 Å². The second-order valence-corrected chi connectivity index (χ2v) is 6.73. The topological polar surface area (TPSA) is 57.7 Å². The molecule has 0 radical (unpaired) electrons. The summed E-state index contributed by atoms with van der Waals surface area (Å²) in [4.78, 5) is 18.8. The second kappa shape index (κ2) is 6.26. The van der Waals surface area contributed by atoms with Crippen LogP contribution in [0.2, 0.25) is 0 Å². The van der Waals surface area contributed by atoms with Crippen molar-refractivity contribution < 1.29 is 0 Å². The fourth-order valence-corrected chi connectivity index (χ4v) is 3.73. The van der Waals surface area contributed by atoms with Crippen LogP contribution >= 0.6 is 0 Å². The van der Waals surface area contributed by atoms with Crippen LogP contribution in [0.15, 0.2) is 67.3 Å². The summed E-state index contributed by atoms with van der Waals surface area (Å²) in [7, 11) is 0. The van der Waals surface area contributed by atoms with E-state index in [2.05, 4.69) is 56.3 Å². The van der Waals surface area contributed by atoms with E-state index in [0.717, 1.165) is 35.5 Å². The van der Waals surface area contributed by atoms with Gasteiger partial charge in [0.25, 0.3) is 0 Å². The summed E-state index contributed by atoms with van der Waals surface area (Å²) in [6, 6.07) is 14.8. The minimum Gasteiger partial charge on any atom is -0.371 e. The molecule has 1 N–H and O–H groups in total. The molecule has 1 aromatic carbocycles. The lowest BCUT2D eigenvalue weighted by atomic mass is 10.00. The lowest BCUT2D eigenvalue weighted by Crippen LogP contribution is -2.19. The smallest absolute Gasteiger partial charge is 0.156 e. The number of rotatable bonds is 3. The third-order valence-electron chi connectivity index (χ3n) is 5.13. The van der Waals surface area contributed by atoms with Crippen LogP contribution in [0.1, 0.15) is 17.9 Å². The van der Waals surface area contributed by atoms with Gasteiger partial charge in [-0.05, 0) is 42.3 Å². The van der Waals surface area contributed by atoms with Gasteiger partial charge in [-0.15, -0.1) is 0 Å². The van der Waals surface area contributed by atoms with E-state index in [0.29, 0.717) is 5.92 Å². The van der Waals surface area contributed by atoms with Crippen molar-refractivity contribution in [3.8, 4) is 11.3 Å². The van der Waals surface area contributed by atoms with Crippen molar-refractivity contribution in [2.45, 2.75) is 12.3 Å². The van der Waals surface area contributed by atoms with Crippen LogP contribution in [0.3, 0.4) is 0 Å². The number of nitrogens with zero attached hydrogens (tertiary/aromatic N) is 4. The molecule has 1 fully saturated rings. The maximum atomic E-state index is 4.72. The quantitative estimate of drug-likeness (QED) is 0.611. The molecular formula is C21H19N5. The first kappa shape index (κ1) is 15.1. The lowest BCUT2D eigenvalue weighted by molar-refractivity contribution is 0.773. The van der Waals surface area contributed by atoms with Crippen molar-refractivity contribution >= 4 is 16.9 Å². The van der Waals surface area contributed by atoms with Gasteiger partial charge in [-0.25, -0.2) is 9.97 Å². The van der Waals surface area contributed by atoms with Gasteiger partial charge in [-0.2, -0.15) is 0 Å². The minimum absolute atomic E-state index is 0.567. The zero-order valence-electron chi connectivity index (χ0n) is 14.3. The predicted molar refractivity (Wildman–Crippen MR) is 103 cm³/mol. The van der Waals surface area contributed by atoms with Crippen molar-refractivity contribution in [2.24, 2.45) is 0 Å². The molecule has 4 heterocycles. The van der Waals surface area contributed by atoms with Gasteiger partial charge in [0.1, 0.15) is 5.52 Å². The third-order valence-corrected chi connectivity index (χ3v) is 5.13. The molecule has 1 aliphatic rings. The van der Waals surface area contributed by atoms with Gasteiger partial charge in [-0.1, -0.05) is 12.1 Å². The monoisotopic (exact) mass is 341 g/mol. The van der Waals surface area contributed by atoms with E-state index < -0.39 is 0 Å². The first-order valence-corrected chi connectivity index (χ1v) is 8.92. The summed E-state index contributed by atoms with van der Waals surface area (Å²) >= 11 is 0. The molecule has 1 atom stereocenters. The molecule has 0 spiro atoms. The Morgan fingerprint density at radius 1 is 1.08 bits per heavy atom. The maximum absolute atomic E-state index is 4.72. The molecule has 4 aromatic rings. The Balaban J connectivity index is 1.41. The van der Waals surface area contributed by atoms with Gasteiger partial charge in [-0.3, -0.25) is 4.98 Å². The van der Waals surface area contributed by atoms with Gasteiger partial charge in [0.15, 0.2) is 5.65 Å². The van der Waals surface area contributed by atoms with Crippen LogP contribution in [0.5, 0.6) is 0 Å². The Kier molecular flexibility index (Phi) is 3.63. The van der Waals surface area contributed by atoms with Gasteiger partial charge in [0.2, 0.25) is 0 Å². The highest BCUT2D eigenvalue weighted by molar-refractivity contribution is 5.75. The average Bonchev–Trinajstić information content (AvgIpc) is 3.38. The number of nitrogens with one attached hydrogen (secondary N) is 1. The SMILES string of the molecule is c1cc(-c2cnc3[nH]ccc3n2)cc(N2CCC(c3ccncc3)C2)c1. The first-order valence-electron chi connectivity index (χ1n) is 8.92. The molecule has 0 aliphatic carbocycles. The summed E-state index contributed by atoms with van der Waals surface area (Å²) in [5, 5.41) is 0. The fraction of sp³-hybridized carbons (Fsp3) is 0.190. The first-order chi connectivity index (χ1) is 12.9. The number of hydrogen-bond donors (Lipinski definition) is 1. The Hall–Kier alpha value is -3.21. The molecular weight excluding hydrogens is 322 g/mol. The number of fused-ring (bicyclic) bond motifs is 1. The van der Waals surface area contributed by atoms with Crippen LogP contribution in [-0.2, 0) is 0 Å². The number of benzene rings is 1. The van der Waals surface area contributed by atoms with Gasteiger partial charge >= 0.3 is 0 Å². The van der Waals surface area contributed by atoms with Crippen molar-refractivity contribution in [3.05, 3.63) is 72.8 Å². The van der Waals surface area contributed by atoms with Crippen LogP contribution in [0, 0.1) is 0 Å². The van der Waals surface area contributed by atoms with Crippen molar-refractivity contribution in [2.75, 3.05) is 18.0 Å². The van der Waals surface area contributed by atoms with Crippen LogP contribution in [0.4, 0.5) is 5.69 Å². The molecule has 1 saturated heterocycles. The Morgan fingerprint density at radius 3 is 2.92 bits per heavy atom. The summed E-state index contributed by atoms with van der Waals surface area (Å²) in [6.07, 6.45) is 8.64. The van der Waals surface area contributed by atoms with Crippen molar-refractivity contribution in [1.82, 2.24) is 19.9 Å². The molecule has 128 valence electrons. The molecule has 5 nitrogen and oxygen atoms in total. The van der Waals surface area contributed by atoms with E-state index in [1.165, 1.54) is 17.7 Å². The number of H-pyrrole nitrogens is 1. The molecule has 1 unspecified atom stereocenters. The normalized spacial score (nSPS) is 17.1. The van der Waals surface area contributed by atoms with Crippen LogP contribution < -0.4 is 4.90 Å². The fourth-order valence-electron chi connectivity index (χ4n) is 3.73. The summed E-state index contributed by atoms with van der Waals surface area (Å²) in [6.45, 7) is 2.11. The molecule has 3 aromatic heterocycles. The Morgan fingerprint density at radius 2 is 2.00 bits per heavy atom. The maximum Gasteiger partial charge on any atom is 0.156 e. The average molecular weight is 341 g/mol. The summed E-state index contributed by atoms with van der Waals surface area (Å²) < 4.78 is 0. The van der Waals surface area contributed by atoms with E-state index in [9.17, 15) is 0 Å². The van der Waals surface area contributed by atoms with Gasteiger partial charge in [0.05, 0.1) is 11.9 Å². The molecule has 26 heavy (non-hydrogen) atoms. The van der Waals surface area contributed by atoms with Gasteiger partial charge in [0, 0.05) is 48.8 Å². The summed E-state index contributed by atoms with van der Waals surface area (Å²) in [5.41, 5.74) is 6.35. The van der Waals surface area contributed by atoms with Crippen LogP contribution in [-0.4, -0.2) is 33.0 Å². The highest BCUT2D eigenvalue weighted by Crippen LogP contribution is 2.32. The van der Waals surface area contributed by atoms with E-state index in [-0.39, 0.29) is 0 Å². The number of aromatic nitrogens is 4. The standard InChI is InChI=1S/C21H19N5/c1-2-16(20-13-24-21-19(25-20)6-10-23-21)12-18(3-1)26-11-7-17(14-26)15-4-8-22-9-5-15/h1-6,8-10,12-13,17H,7,11,14H2,(H,23,24). The number of hydrogen-bond acceptors (Lipinski definition) is 4. The van der Waals surface area contributed by atoms with E-state index in [1.807, 2.05) is 30.9 Å². The summed E-state index contributed by atoms with van der Waals surface area (Å²) in [5.74, 6) is 0.567. The molecule has 0 amide bonds.